The third-order valence-electron chi connectivity index (χ3n) is 3.49. The summed E-state index contributed by atoms with van der Waals surface area (Å²) in [7, 11) is 0. The molecule has 1 aromatic heterocycles. The Kier molecular flexibility index (Phi) is 3.95. The molecule has 0 bridgehead atoms. The van der Waals surface area contributed by atoms with Gasteiger partial charge in [-0.2, -0.15) is 0 Å². The van der Waals surface area contributed by atoms with E-state index < -0.39 is 0 Å². The molecule has 0 saturated carbocycles. The first kappa shape index (κ1) is 14.1. The zero-order valence-electron chi connectivity index (χ0n) is 11.9. The second-order valence-corrected chi connectivity index (χ2v) is 6.21. The van der Waals surface area contributed by atoms with E-state index >= 15 is 0 Å². The molecule has 1 heterocycles. The minimum absolute atomic E-state index is 0.739. The van der Waals surface area contributed by atoms with Crippen molar-refractivity contribution in [3.8, 4) is 11.3 Å². The fourth-order valence-corrected chi connectivity index (χ4v) is 2.94. The lowest BCUT2D eigenvalue weighted by molar-refractivity contribution is 1.31. The van der Waals surface area contributed by atoms with Gasteiger partial charge in [0.1, 0.15) is 0 Å². The van der Waals surface area contributed by atoms with E-state index in [0.29, 0.717) is 0 Å². The number of hydrogen-bond donors (Lipinski definition) is 1. The normalized spacial score (nSPS) is 10.6. The monoisotopic (exact) mass is 314 g/mol. The Labute approximate surface area is 133 Å². The summed E-state index contributed by atoms with van der Waals surface area (Å²) in [6.07, 6.45) is 0. The SMILES string of the molecule is Cc1cccc(Nc2nc(-c3ccc(Cl)cc3)cs2)c1C. The smallest absolute Gasteiger partial charge is 0.187 e. The molecule has 2 aromatic carbocycles. The summed E-state index contributed by atoms with van der Waals surface area (Å²) in [4.78, 5) is 4.64. The maximum atomic E-state index is 5.91. The first-order valence-electron chi connectivity index (χ1n) is 6.68. The predicted molar refractivity (Wildman–Crippen MR) is 91.8 cm³/mol. The van der Waals surface area contributed by atoms with Crippen LogP contribution in [0, 0.1) is 13.8 Å². The number of hydrogen-bond acceptors (Lipinski definition) is 3. The van der Waals surface area contributed by atoms with Gasteiger partial charge in [-0.3, -0.25) is 0 Å². The van der Waals surface area contributed by atoms with Crippen molar-refractivity contribution in [1.29, 1.82) is 0 Å². The number of nitrogens with one attached hydrogen (secondary N) is 1. The van der Waals surface area contributed by atoms with E-state index in [4.69, 9.17) is 11.6 Å². The second kappa shape index (κ2) is 5.88. The molecule has 0 unspecified atom stereocenters. The fraction of sp³-hybridized carbons (Fsp3) is 0.118. The lowest BCUT2D eigenvalue weighted by atomic mass is 10.1. The Morgan fingerprint density at radius 3 is 2.57 bits per heavy atom. The largest absolute Gasteiger partial charge is 0.331 e. The van der Waals surface area contributed by atoms with Gasteiger partial charge < -0.3 is 5.32 Å². The standard InChI is InChI=1S/C17H15ClN2S/c1-11-4-3-5-15(12(11)2)19-17-20-16(10-21-17)13-6-8-14(18)9-7-13/h3-10H,1-2H3,(H,19,20). The Morgan fingerprint density at radius 2 is 1.81 bits per heavy atom. The first-order chi connectivity index (χ1) is 10.1. The molecule has 3 aromatic rings. The number of thiazole rings is 1. The van der Waals surface area contributed by atoms with Crippen LogP contribution in [0.25, 0.3) is 11.3 Å². The maximum Gasteiger partial charge on any atom is 0.187 e. The summed E-state index contributed by atoms with van der Waals surface area (Å²) < 4.78 is 0. The Hall–Kier alpha value is -1.84. The highest BCUT2D eigenvalue weighted by atomic mass is 35.5. The van der Waals surface area contributed by atoms with E-state index in [1.807, 2.05) is 24.3 Å². The van der Waals surface area contributed by atoms with Gasteiger partial charge in [0, 0.05) is 21.7 Å². The average molecular weight is 315 g/mol. The van der Waals surface area contributed by atoms with Crippen LogP contribution in [0.5, 0.6) is 0 Å². The topological polar surface area (TPSA) is 24.9 Å². The highest BCUT2D eigenvalue weighted by Gasteiger charge is 2.07. The molecule has 0 saturated heterocycles. The molecule has 4 heteroatoms. The van der Waals surface area contributed by atoms with Gasteiger partial charge in [0.05, 0.1) is 5.69 Å². The number of halogens is 1. The highest BCUT2D eigenvalue weighted by molar-refractivity contribution is 7.14. The molecule has 0 aliphatic carbocycles. The lowest BCUT2D eigenvalue weighted by Gasteiger charge is -2.08. The number of nitrogens with zero attached hydrogens (tertiary/aromatic N) is 1. The molecule has 2 nitrogen and oxygen atoms in total. The Balaban J connectivity index is 1.85. The van der Waals surface area contributed by atoms with Crippen LogP contribution in [-0.2, 0) is 0 Å². The molecule has 0 aliphatic heterocycles. The van der Waals surface area contributed by atoms with Gasteiger partial charge in [0.2, 0.25) is 0 Å². The molecule has 0 aliphatic rings. The molecule has 106 valence electrons. The fourth-order valence-electron chi connectivity index (χ4n) is 2.09. The highest BCUT2D eigenvalue weighted by Crippen LogP contribution is 2.29. The Bertz CT molecular complexity index is 763. The van der Waals surface area contributed by atoms with Gasteiger partial charge in [-0.25, -0.2) is 4.98 Å². The molecule has 0 atom stereocenters. The van der Waals surface area contributed by atoms with E-state index in [0.717, 1.165) is 27.1 Å². The molecule has 0 radical (unpaired) electrons. The van der Waals surface area contributed by atoms with Crippen molar-refractivity contribution in [3.05, 3.63) is 64.0 Å². The number of aromatic nitrogens is 1. The molecule has 0 fully saturated rings. The summed E-state index contributed by atoms with van der Waals surface area (Å²) in [6, 6.07) is 14.0. The summed E-state index contributed by atoms with van der Waals surface area (Å²) in [5, 5.41) is 7.08. The van der Waals surface area contributed by atoms with E-state index in [9.17, 15) is 0 Å². The quantitative estimate of drug-likeness (QED) is 0.658. The van der Waals surface area contributed by atoms with Gasteiger partial charge in [0.15, 0.2) is 5.13 Å². The molecular formula is C17H15ClN2S. The Morgan fingerprint density at radius 1 is 1.05 bits per heavy atom. The van der Waals surface area contributed by atoms with Crippen molar-refractivity contribution in [1.82, 2.24) is 4.98 Å². The van der Waals surface area contributed by atoms with E-state index in [2.05, 4.69) is 47.7 Å². The summed E-state index contributed by atoms with van der Waals surface area (Å²) in [5.74, 6) is 0. The van der Waals surface area contributed by atoms with E-state index in [1.165, 1.54) is 11.1 Å². The number of benzene rings is 2. The summed E-state index contributed by atoms with van der Waals surface area (Å²) in [5.41, 5.74) is 5.66. The van der Waals surface area contributed by atoms with Crippen molar-refractivity contribution in [2.24, 2.45) is 0 Å². The van der Waals surface area contributed by atoms with Crippen molar-refractivity contribution in [2.75, 3.05) is 5.32 Å². The van der Waals surface area contributed by atoms with Gasteiger partial charge in [-0.15, -0.1) is 11.3 Å². The molecule has 3 rings (SSSR count). The van der Waals surface area contributed by atoms with Crippen LogP contribution in [0.2, 0.25) is 5.02 Å². The van der Waals surface area contributed by atoms with Crippen molar-refractivity contribution in [2.45, 2.75) is 13.8 Å². The number of aryl methyl sites for hydroxylation is 1. The van der Waals surface area contributed by atoms with Crippen LogP contribution in [0.1, 0.15) is 11.1 Å². The van der Waals surface area contributed by atoms with Gasteiger partial charge in [-0.1, -0.05) is 35.9 Å². The van der Waals surface area contributed by atoms with Crippen LogP contribution in [0.15, 0.2) is 47.8 Å². The molecular weight excluding hydrogens is 300 g/mol. The van der Waals surface area contributed by atoms with Crippen LogP contribution in [0.3, 0.4) is 0 Å². The van der Waals surface area contributed by atoms with Crippen LogP contribution < -0.4 is 5.32 Å². The minimum Gasteiger partial charge on any atom is -0.331 e. The van der Waals surface area contributed by atoms with Crippen LogP contribution in [-0.4, -0.2) is 4.98 Å². The zero-order chi connectivity index (χ0) is 14.8. The zero-order valence-corrected chi connectivity index (χ0v) is 13.4. The van der Waals surface area contributed by atoms with Crippen LogP contribution >= 0.6 is 22.9 Å². The van der Waals surface area contributed by atoms with Gasteiger partial charge in [-0.05, 0) is 43.2 Å². The summed E-state index contributed by atoms with van der Waals surface area (Å²) >= 11 is 7.52. The minimum atomic E-state index is 0.739. The molecule has 1 N–H and O–H groups in total. The van der Waals surface area contributed by atoms with Crippen molar-refractivity contribution < 1.29 is 0 Å². The third kappa shape index (κ3) is 3.09. The maximum absolute atomic E-state index is 5.91. The number of anilines is 2. The van der Waals surface area contributed by atoms with Gasteiger partial charge in [0.25, 0.3) is 0 Å². The van der Waals surface area contributed by atoms with Crippen LogP contribution in [0.4, 0.5) is 10.8 Å². The second-order valence-electron chi connectivity index (χ2n) is 4.92. The molecule has 21 heavy (non-hydrogen) atoms. The summed E-state index contributed by atoms with van der Waals surface area (Å²) in [6.45, 7) is 4.23. The third-order valence-corrected chi connectivity index (χ3v) is 4.50. The van der Waals surface area contributed by atoms with Gasteiger partial charge >= 0.3 is 0 Å². The lowest BCUT2D eigenvalue weighted by Crippen LogP contribution is -1.94. The van der Waals surface area contributed by atoms with Crippen molar-refractivity contribution >= 4 is 33.8 Å². The van der Waals surface area contributed by atoms with Crippen molar-refractivity contribution in [3.63, 3.8) is 0 Å². The number of rotatable bonds is 3. The molecule has 0 amide bonds. The van der Waals surface area contributed by atoms with E-state index in [-0.39, 0.29) is 0 Å². The first-order valence-corrected chi connectivity index (χ1v) is 7.94. The van der Waals surface area contributed by atoms with E-state index in [1.54, 1.807) is 11.3 Å². The average Bonchev–Trinajstić information content (AvgIpc) is 2.93. The molecule has 0 spiro atoms. The predicted octanol–water partition coefficient (Wildman–Crippen LogP) is 5.82.